The molecular formula is C18H20N4O3. The summed E-state index contributed by atoms with van der Waals surface area (Å²) in [5, 5.41) is 7.41. The molecule has 130 valence electrons. The second-order valence-corrected chi connectivity index (χ2v) is 6.55. The molecule has 3 heterocycles. The second kappa shape index (κ2) is 6.33. The molecule has 2 fully saturated rings. The lowest BCUT2D eigenvalue weighted by atomic mass is 10.1. The molecule has 2 bridgehead atoms. The Kier molecular flexibility index (Phi) is 4.01. The Balaban J connectivity index is 1.61. The van der Waals surface area contributed by atoms with E-state index >= 15 is 0 Å². The van der Waals surface area contributed by atoms with Crippen molar-refractivity contribution in [2.45, 2.75) is 6.04 Å². The molecule has 1 aromatic carbocycles. The number of amides is 2. The standard InChI is InChI=1S/C18H20N4O3/c1-21-16(7-15(20-21)12-5-3-2-4-6-12)18(24)22-8-13-10-25-11-14(9-22)19-17(13)23/h2-7,13-14H,8-11H2,1H3,(H,19,23)/t13-,14+/m1/s1. The van der Waals surface area contributed by atoms with E-state index in [9.17, 15) is 9.59 Å². The third-order valence-electron chi connectivity index (χ3n) is 4.69. The predicted molar refractivity (Wildman–Crippen MR) is 90.8 cm³/mol. The van der Waals surface area contributed by atoms with Gasteiger partial charge in [0, 0.05) is 25.7 Å². The normalized spacial score (nSPS) is 23.1. The molecule has 4 rings (SSSR count). The lowest BCUT2D eigenvalue weighted by Crippen LogP contribution is -2.44. The highest BCUT2D eigenvalue weighted by molar-refractivity contribution is 5.94. The van der Waals surface area contributed by atoms with Gasteiger partial charge in [0.2, 0.25) is 5.91 Å². The van der Waals surface area contributed by atoms with Crippen LogP contribution in [0.15, 0.2) is 36.4 Å². The Morgan fingerprint density at radius 1 is 1.24 bits per heavy atom. The highest BCUT2D eigenvalue weighted by Crippen LogP contribution is 2.21. The number of nitrogens with one attached hydrogen (secondary N) is 1. The SMILES string of the molecule is Cn1nc(-c2ccccc2)cc1C(=O)N1C[C@H]2COC[C@@H](C1)C(=O)N2. The first-order chi connectivity index (χ1) is 12.1. The fourth-order valence-corrected chi connectivity index (χ4v) is 3.37. The van der Waals surface area contributed by atoms with E-state index in [1.54, 1.807) is 16.6 Å². The summed E-state index contributed by atoms with van der Waals surface area (Å²) in [6.45, 7) is 1.61. The number of fused-ring (bicyclic) bond motifs is 3. The van der Waals surface area contributed by atoms with Gasteiger partial charge < -0.3 is 15.0 Å². The van der Waals surface area contributed by atoms with Gasteiger partial charge in [0.25, 0.3) is 5.91 Å². The van der Waals surface area contributed by atoms with Gasteiger partial charge in [-0.15, -0.1) is 0 Å². The minimum atomic E-state index is -0.321. The largest absolute Gasteiger partial charge is 0.378 e. The third kappa shape index (κ3) is 3.02. The maximum Gasteiger partial charge on any atom is 0.272 e. The van der Waals surface area contributed by atoms with Crippen LogP contribution in [0.2, 0.25) is 0 Å². The number of ether oxygens (including phenoxy) is 1. The molecular weight excluding hydrogens is 320 g/mol. The first kappa shape index (κ1) is 15.8. The highest BCUT2D eigenvalue weighted by Gasteiger charge is 2.36. The molecule has 0 aliphatic carbocycles. The van der Waals surface area contributed by atoms with E-state index in [1.165, 1.54) is 0 Å². The highest BCUT2D eigenvalue weighted by atomic mass is 16.5. The van der Waals surface area contributed by atoms with Crippen molar-refractivity contribution in [1.29, 1.82) is 0 Å². The van der Waals surface area contributed by atoms with Crippen LogP contribution in [0, 0.1) is 5.92 Å². The van der Waals surface area contributed by atoms with Crippen molar-refractivity contribution in [2.75, 3.05) is 26.3 Å². The molecule has 0 spiro atoms. The summed E-state index contributed by atoms with van der Waals surface area (Å²) < 4.78 is 7.12. The van der Waals surface area contributed by atoms with Gasteiger partial charge in [-0.2, -0.15) is 5.10 Å². The zero-order valence-corrected chi connectivity index (χ0v) is 14.0. The van der Waals surface area contributed by atoms with Crippen LogP contribution in [-0.2, 0) is 16.6 Å². The van der Waals surface area contributed by atoms with Crippen molar-refractivity contribution in [1.82, 2.24) is 20.0 Å². The monoisotopic (exact) mass is 340 g/mol. The van der Waals surface area contributed by atoms with Gasteiger partial charge >= 0.3 is 0 Å². The van der Waals surface area contributed by atoms with Crippen LogP contribution in [0.1, 0.15) is 10.5 Å². The van der Waals surface area contributed by atoms with Crippen LogP contribution >= 0.6 is 0 Å². The Labute approximate surface area is 145 Å². The van der Waals surface area contributed by atoms with Crippen molar-refractivity contribution in [3.63, 3.8) is 0 Å². The molecule has 0 saturated carbocycles. The maximum atomic E-state index is 13.0. The summed E-state index contributed by atoms with van der Waals surface area (Å²) in [7, 11) is 1.77. The van der Waals surface area contributed by atoms with E-state index in [2.05, 4.69) is 10.4 Å². The molecule has 1 aromatic heterocycles. The first-order valence-electron chi connectivity index (χ1n) is 8.38. The minimum absolute atomic E-state index is 0.0345. The quantitative estimate of drug-likeness (QED) is 0.872. The van der Waals surface area contributed by atoms with Crippen molar-refractivity contribution >= 4 is 11.8 Å². The molecule has 2 aliphatic rings. The first-order valence-corrected chi connectivity index (χ1v) is 8.38. The number of hydrogen-bond donors (Lipinski definition) is 1. The Bertz CT molecular complexity index is 802. The lowest BCUT2D eigenvalue weighted by molar-refractivity contribution is -0.125. The fourth-order valence-electron chi connectivity index (χ4n) is 3.37. The molecule has 2 aliphatic heterocycles. The van der Waals surface area contributed by atoms with E-state index < -0.39 is 0 Å². The van der Waals surface area contributed by atoms with Gasteiger partial charge in [-0.25, -0.2) is 0 Å². The van der Waals surface area contributed by atoms with Crippen LogP contribution in [-0.4, -0.2) is 58.8 Å². The number of benzene rings is 1. The molecule has 2 atom stereocenters. The molecule has 2 aromatic rings. The van der Waals surface area contributed by atoms with E-state index in [0.717, 1.165) is 11.3 Å². The van der Waals surface area contributed by atoms with Crippen molar-refractivity contribution < 1.29 is 14.3 Å². The number of nitrogens with zero attached hydrogens (tertiary/aromatic N) is 3. The van der Waals surface area contributed by atoms with Crippen molar-refractivity contribution in [2.24, 2.45) is 13.0 Å². The fraction of sp³-hybridized carbons (Fsp3) is 0.389. The number of aromatic nitrogens is 2. The number of carbonyl (C=O) groups excluding carboxylic acids is 2. The van der Waals surface area contributed by atoms with Crippen molar-refractivity contribution in [3.8, 4) is 11.3 Å². The molecule has 25 heavy (non-hydrogen) atoms. The average molecular weight is 340 g/mol. The van der Waals surface area contributed by atoms with Crippen LogP contribution in [0.3, 0.4) is 0 Å². The molecule has 0 unspecified atom stereocenters. The summed E-state index contributed by atoms with van der Waals surface area (Å²) in [6.07, 6.45) is 0. The number of aryl methyl sites for hydroxylation is 1. The van der Waals surface area contributed by atoms with Crippen LogP contribution in [0.5, 0.6) is 0 Å². The van der Waals surface area contributed by atoms with Gasteiger partial charge in [-0.05, 0) is 6.07 Å². The molecule has 2 saturated heterocycles. The van der Waals surface area contributed by atoms with E-state index in [-0.39, 0.29) is 23.8 Å². The Hall–Kier alpha value is -2.67. The number of hydrogen-bond acceptors (Lipinski definition) is 4. The zero-order chi connectivity index (χ0) is 17.4. The molecule has 1 N–H and O–H groups in total. The summed E-state index contributed by atoms with van der Waals surface area (Å²) in [6, 6.07) is 11.4. The van der Waals surface area contributed by atoms with E-state index in [1.807, 2.05) is 36.4 Å². The molecule has 0 radical (unpaired) electrons. The van der Waals surface area contributed by atoms with Gasteiger partial charge in [-0.1, -0.05) is 30.3 Å². The smallest absolute Gasteiger partial charge is 0.272 e. The van der Waals surface area contributed by atoms with Gasteiger partial charge in [0.05, 0.1) is 30.9 Å². The molecule has 2 amide bonds. The molecule has 7 heteroatoms. The van der Waals surface area contributed by atoms with Crippen LogP contribution in [0.25, 0.3) is 11.3 Å². The maximum absolute atomic E-state index is 13.0. The Morgan fingerprint density at radius 3 is 2.84 bits per heavy atom. The lowest BCUT2D eigenvalue weighted by Gasteiger charge is -2.27. The number of carbonyl (C=O) groups is 2. The van der Waals surface area contributed by atoms with Crippen LogP contribution < -0.4 is 5.32 Å². The van der Waals surface area contributed by atoms with Gasteiger partial charge in [0.1, 0.15) is 5.69 Å². The number of rotatable bonds is 2. The summed E-state index contributed by atoms with van der Waals surface area (Å²) in [5.74, 6) is -0.461. The zero-order valence-electron chi connectivity index (χ0n) is 14.0. The Morgan fingerprint density at radius 2 is 2.04 bits per heavy atom. The van der Waals surface area contributed by atoms with E-state index in [4.69, 9.17) is 4.74 Å². The summed E-state index contributed by atoms with van der Waals surface area (Å²) >= 11 is 0. The van der Waals surface area contributed by atoms with Crippen molar-refractivity contribution in [3.05, 3.63) is 42.1 Å². The second-order valence-electron chi connectivity index (χ2n) is 6.55. The van der Waals surface area contributed by atoms with Gasteiger partial charge in [-0.3, -0.25) is 14.3 Å². The van der Waals surface area contributed by atoms with E-state index in [0.29, 0.717) is 32.0 Å². The average Bonchev–Trinajstić information content (AvgIpc) is 2.80. The van der Waals surface area contributed by atoms with Gasteiger partial charge in [0.15, 0.2) is 0 Å². The predicted octanol–water partition coefficient (Wildman–Crippen LogP) is 0.674. The minimum Gasteiger partial charge on any atom is -0.378 e. The molecule has 7 nitrogen and oxygen atoms in total. The summed E-state index contributed by atoms with van der Waals surface area (Å²) in [4.78, 5) is 26.9. The topological polar surface area (TPSA) is 76.5 Å². The summed E-state index contributed by atoms with van der Waals surface area (Å²) in [5.41, 5.74) is 2.25. The third-order valence-corrected chi connectivity index (χ3v) is 4.69. The van der Waals surface area contributed by atoms with Crippen LogP contribution in [0.4, 0.5) is 0 Å².